The molecular formula is C42H58N6O3S. The minimum atomic E-state index is -1.19. The van der Waals surface area contributed by atoms with E-state index in [1.54, 1.807) is 9.58 Å². The summed E-state index contributed by atoms with van der Waals surface area (Å²) in [5.74, 6) is 0.0643. The molecule has 3 heterocycles. The van der Waals surface area contributed by atoms with Crippen LogP contribution < -0.4 is 4.90 Å². The summed E-state index contributed by atoms with van der Waals surface area (Å²) in [4.78, 5) is 43.7. The average Bonchev–Trinajstić information content (AvgIpc) is 3.96. The molecule has 2 amide bonds. The summed E-state index contributed by atoms with van der Waals surface area (Å²) < 4.78 is 1.65. The quantitative estimate of drug-likeness (QED) is 0.0951. The highest BCUT2D eigenvalue weighted by molar-refractivity contribution is 8.01. The average molecular weight is 727 g/mol. The van der Waals surface area contributed by atoms with Gasteiger partial charge < -0.3 is 9.80 Å². The predicted molar refractivity (Wildman–Crippen MR) is 208 cm³/mol. The Bertz CT molecular complexity index is 1640. The van der Waals surface area contributed by atoms with Crippen LogP contribution in [0.15, 0.2) is 47.6 Å². The third-order valence-corrected chi connectivity index (χ3v) is 12.6. The van der Waals surface area contributed by atoms with E-state index in [9.17, 15) is 14.4 Å². The van der Waals surface area contributed by atoms with Crippen LogP contribution in [-0.2, 0) is 22.4 Å². The highest BCUT2D eigenvalue weighted by Gasteiger charge is 2.55. The van der Waals surface area contributed by atoms with Crippen LogP contribution >= 0.6 is 11.8 Å². The molecule has 3 aliphatic rings. The van der Waals surface area contributed by atoms with Crippen molar-refractivity contribution in [3.05, 3.63) is 59.2 Å². The number of ketones is 1. The van der Waals surface area contributed by atoms with E-state index < -0.39 is 4.87 Å². The number of likely N-dealkylation sites (tertiary alicyclic amines) is 1. The molecule has 0 N–H and O–H groups in total. The lowest BCUT2D eigenvalue weighted by Gasteiger charge is -2.36. The van der Waals surface area contributed by atoms with E-state index in [0.29, 0.717) is 49.5 Å². The Morgan fingerprint density at radius 1 is 0.712 bits per heavy atom. The van der Waals surface area contributed by atoms with Crippen molar-refractivity contribution < 1.29 is 14.4 Å². The summed E-state index contributed by atoms with van der Waals surface area (Å²) in [7, 11) is 0. The number of rotatable bonds is 22. The van der Waals surface area contributed by atoms with Crippen LogP contribution in [-0.4, -0.2) is 60.7 Å². The smallest absolute Gasteiger partial charge is 0.227 e. The number of benzene rings is 2. The normalized spacial score (nSPS) is 18.7. The van der Waals surface area contributed by atoms with Gasteiger partial charge in [0, 0.05) is 43.6 Å². The van der Waals surface area contributed by atoms with Gasteiger partial charge in [-0.1, -0.05) is 121 Å². The third-order valence-electron chi connectivity index (χ3n) is 11.3. The van der Waals surface area contributed by atoms with Crippen molar-refractivity contribution in [3.8, 4) is 5.69 Å². The summed E-state index contributed by atoms with van der Waals surface area (Å²) in [5.41, 5.74) is 4.47. The second kappa shape index (κ2) is 19.0. The van der Waals surface area contributed by atoms with E-state index >= 15 is 0 Å². The molecule has 10 heteroatoms. The van der Waals surface area contributed by atoms with Crippen molar-refractivity contribution in [1.29, 1.82) is 0 Å². The van der Waals surface area contributed by atoms with Gasteiger partial charge in [0.1, 0.15) is 0 Å². The molecule has 1 aliphatic carbocycles. The monoisotopic (exact) mass is 726 g/mol. The summed E-state index contributed by atoms with van der Waals surface area (Å²) in [6, 6.07) is 13.5. The number of hydrogen-bond donors (Lipinski definition) is 0. The summed E-state index contributed by atoms with van der Waals surface area (Å²) in [6.07, 6.45) is 24.8. The van der Waals surface area contributed by atoms with Gasteiger partial charge >= 0.3 is 0 Å². The number of Topliss-reactive ketones (excluding diaryl/α,β-unsaturated/α-hetero) is 1. The number of carbonyl (C=O) groups is 3. The van der Waals surface area contributed by atoms with Gasteiger partial charge in [0.15, 0.2) is 10.7 Å². The molecule has 0 saturated carbocycles. The molecule has 0 spiro atoms. The van der Waals surface area contributed by atoms with Crippen molar-refractivity contribution in [2.75, 3.05) is 18.0 Å². The minimum absolute atomic E-state index is 0.0123. The fourth-order valence-electron chi connectivity index (χ4n) is 8.42. The summed E-state index contributed by atoms with van der Waals surface area (Å²) in [5, 5.41) is 13.1. The summed E-state index contributed by atoms with van der Waals surface area (Å²) >= 11 is 1.29. The molecule has 0 bridgehead atoms. The first-order valence-corrected chi connectivity index (χ1v) is 21.2. The van der Waals surface area contributed by atoms with Crippen molar-refractivity contribution in [2.24, 2.45) is 0 Å². The van der Waals surface area contributed by atoms with Gasteiger partial charge in [-0.25, -0.2) is 0 Å². The number of carbonyl (C=O) groups excluding carboxylic acids is 3. The van der Waals surface area contributed by atoms with E-state index in [1.165, 1.54) is 102 Å². The molecule has 2 saturated heterocycles. The molecule has 9 nitrogen and oxygen atoms in total. The molecule has 1 atom stereocenters. The first-order valence-electron chi connectivity index (χ1n) is 20.4. The van der Waals surface area contributed by atoms with Crippen molar-refractivity contribution in [3.63, 3.8) is 0 Å². The third kappa shape index (κ3) is 8.97. The van der Waals surface area contributed by atoms with Gasteiger partial charge in [0.05, 0.1) is 5.69 Å². The van der Waals surface area contributed by atoms with Crippen LogP contribution in [0.25, 0.3) is 5.69 Å². The Morgan fingerprint density at radius 2 is 1.33 bits per heavy atom. The maximum Gasteiger partial charge on any atom is 0.227 e. The van der Waals surface area contributed by atoms with Crippen LogP contribution in [0.4, 0.5) is 5.69 Å². The lowest BCUT2D eigenvalue weighted by atomic mass is 9.95. The standard InChI is InChI=1S/C42H58N6O3S/c1-2-3-4-5-6-7-8-9-10-11-12-13-14-15-16-20-25-34-36-32-42(47-31-22-27-39(47)50,52-41-43-44-45-48(41)33-23-18-17-19-24-33)40(51)35(36)28-29-37(34)46-30-21-26-38(46)49/h17-19,23-24,28-29H,2-16,20-22,25-27,30-32H2,1H3. The Labute approximate surface area is 314 Å². The van der Waals surface area contributed by atoms with E-state index in [2.05, 4.69) is 22.4 Å². The number of fused-ring (bicyclic) bond motifs is 1. The zero-order valence-corrected chi connectivity index (χ0v) is 32.1. The lowest BCUT2D eigenvalue weighted by molar-refractivity contribution is -0.129. The Morgan fingerprint density at radius 3 is 1.92 bits per heavy atom. The van der Waals surface area contributed by atoms with Crippen LogP contribution in [0.2, 0.25) is 0 Å². The molecule has 6 rings (SSSR count). The van der Waals surface area contributed by atoms with Crippen molar-refractivity contribution in [2.45, 2.75) is 158 Å². The first kappa shape index (κ1) is 38.2. The van der Waals surface area contributed by atoms with E-state index in [1.807, 2.05) is 47.4 Å². The number of amides is 2. The van der Waals surface area contributed by atoms with Crippen LogP contribution in [0.3, 0.4) is 0 Å². The SMILES string of the molecule is CCCCCCCCCCCCCCCCCCc1c(N2CCCC2=O)ccc2c1CC(Sc1nnnn1-c1ccccc1)(N1CCCC1=O)C2=O. The number of para-hydroxylation sites is 1. The summed E-state index contributed by atoms with van der Waals surface area (Å²) in [6.45, 7) is 3.50. The largest absolute Gasteiger partial charge is 0.320 e. The molecule has 0 radical (unpaired) electrons. The predicted octanol–water partition coefficient (Wildman–Crippen LogP) is 9.44. The number of thioether (sulfide) groups is 1. The molecule has 280 valence electrons. The van der Waals surface area contributed by atoms with Crippen LogP contribution in [0, 0.1) is 0 Å². The molecule has 1 aromatic heterocycles. The number of hydrogen-bond acceptors (Lipinski definition) is 7. The Hall–Kier alpha value is -3.53. The maximum atomic E-state index is 14.7. The van der Waals surface area contributed by atoms with Gasteiger partial charge in [-0.3, -0.25) is 14.4 Å². The highest BCUT2D eigenvalue weighted by Crippen LogP contribution is 2.49. The van der Waals surface area contributed by atoms with Crippen molar-refractivity contribution in [1.82, 2.24) is 25.1 Å². The Kier molecular flexibility index (Phi) is 14.0. The fourth-order valence-corrected chi connectivity index (χ4v) is 9.75. The molecule has 2 aromatic carbocycles. The van der Waals surface area contributed by atoms with Crippen molar-refractivity contribution >= 4 is 35.0 Å². The zero-order chi connectivity index (χ0) is 36.2. The van der Waals surface area contributed by atoms with E-state index in [-0.39, 0.29) is 17.6 Å². The van der Waals surface area contributed by atoms with Gasteiger partial charge in [-0.15, -0.1) is 5.10 Å². The number of tetrazole rings is 1. The topological polar surface area (TPSA) is 101 Å². The number of aromatic nitrogens is 4. The molecule has 2 aliphatic heterocycles. The second-order valence-corrected chi connectivity index (χ2v) is 16.3. The number of unbranched alkanes of at least 4 members (excludes halogenated alkanes) is 15. The minimum Gasteiger partial charge on any atom is -0.320 e. The highest BCUT2D eigenvalue weighted by atomic mass is 32.2. The molecule has 1 unspecified atom stereocenters. The van der Waals surface area contributed by atoms with Gasteiger partial charge in [-0.2, -0.15) is 4.68 Å². The molecule has 52 heavy (non-hydrogen) atoms. The molecular weight excluding hydrogens is 669 g/mol. The van der Waals surface area contributed by atoms with E-state index in [4.69, 9.17) is 0 Å². The first-order chi connectivity index (χ1) is 25.5. The number of nitrogens with zero attached hydrogens (tertiary/aromatic N) is 6. The fraction of sp³-hybridized carbons (Fsp3) is 0.619. The lowest BCUT2D eigenvalue weighted by Crippen LogP contribution is -2.51. The second-order valence-electron chi connectivity index (χ2n) is 15.0. The zero-order valence-electron chi connectivity index (χ0n) is 31.3. The molecule has 2 fully saturated rings. The van der Waals surface area contributed by atoms with Crippen LogP contribution in [0.1, 0.15) is 157 Å². The van der Waals surface area contributed by atoms with Gasteiger partial charge in [-0.05, 0) is 83.3 Å². The van der Waals surface area contributed by atoms with Gasteiger partial charge in [0.2, 0.25) is 17.0 Å². The number of anilines is 1. The Balaban J connectivity index is 1.10. The van der Waals surface area contributed by atoms with Crippen LogP contribution in [0.5, 0.6) is 0 Å². The van der Waals surface area contributed by atoms with E-state index in [0.717, 1.165) is 48.2 Å². The van der Waals surface area contributed by atoms with Gasteiger partial charge in [0.25, 0.3) is 0 Å². The molecule has 3 aromatic rings. The maximum absolute atomic E-state index is 14.7.